The van der Waals surface area contributed by atoms with Crippen molar-refractivity contribution in [3.8, 4) is 16.9 Å². The number of methoxy groups -OCH3 is 1. The van der Waals surface area contributed by atoms with Crippen molar-refractivity contribution in [3.05, 3.63) is 59.2 Å². The lowest BCUT2D eigenvalue weighted by molar-refractivity contribution is -0.131. The number of benzene rings is 2. The van der Waals surface area contributed by atoms with Crippen LogP contribution < -0.4 is 4.74 Å². The van der Waals surface area contributed by atoms with Crippen molar-refractivity contribution in [3.63, 3.8) is 0 Å². The predicted octanol–water partition coefficient (Wildman–Crippen LogP) is 4.08. The van der Waals surface area contributed by atoms with E-state index in [0.717, 1.165) is 39.6 Å². The largest absolute Gasteiger partial charge is 0.496 e. The van der Waals surface area contributed by atoms with E-state index in [-0.39, 0.29) is 0 Å². The minimum absolute atomic E-state index is 0.778. The first kappa shape index (κ1) is 14.9. The van der Waals surface area contributed by atoms with Crippen molar-refractivity contribution in [2.75, 3.05) is 7.11 Å². The fraction of sp³-hybridized carbons (Fsp3) is 0.167. The number of carboxylic acids is 1. The summed E-state index contributed by atoms with van der Waals surface area (Å²) in [7, 11) is 1.64. The Morgan fingerprint density at radius 1 is 1.14 bits per heavy atom. The monoisotopic (exact) mass is 282 g/mol. The minimum Gasteiger partial charge on any atom is -0.496 e. The molecule has 1 N–H and O–H groups in total. The smallest absolute Gasteiger partial charge is 0.328 e. The van der Waals surface area contributed by atoms with Crippen molar-refractivity contribution in [1.82, 2.24) is 0 Å². The van der Waals surface area contributed by atoms with Crippen LogP contribution >= 0.6 is 0 Å². The molecule has 0 amide bonds. The van der Waals surface area contributed by atoms with Crippen molar-refractivity contribution in [1.29, 1.82) is 0 Å². The molecule has 0 aliphatic carbocycles. The van der Waals surface area contributed by atoms with E-state index < -0.39 is 5.97 Å². The van der Waals surface area contributed by atoms with Crippen molar-refractivity contribution in [2.24, 2.45) is 0 Å². The van der Waals surface area contributed by atoms with Crippen molar-refractivity contribution < 1.29 is 14.6 Å². The van der Waals surface area contributed by atoms with Crippen LogP contribution in [0, 0.1) is 13.8 Å². The number of hydrogen-bond acceptors (Lipinski definition) is 2. The first-order chi connectivity index (χ1) is 10.0. The molecule has 2 aromatic carbocycles. The summed E-state index contributed by atoms with van der Waals surface area (Å²) in [5, 5.41) is 8.74. The molecule has 0 saturated carbocycles. The highest BCUT2D eigenvalue weighted by molar-refractivity contribution is 5.86. The summed E-state index contributed by atoms with van der Waals surface area (Å²) in [5.41, 5.74) is 5.25. The van der Waals surface area contributed by atoms with Gasteiger partial charge in [-0.1, -0.05) is 24.3 Å². The molecule has 0 heterocycles. The number of aryl methyl sites for hydroxylation is 2. The SMILES string of the molecule is COc1ccc(/C=C/C(=O)O)cc1-c1c(C)cccc1C. The summed E-state index contributed by atoms with van der Waals surface area (Å²) < 4.78 is 5.45. The number of rotatable bonds is 4. The van der Waals surface area contributed by atoms with Gasteiger partial charge in [-0.2, -0.15) is 0 Å². The van der Waals surface area contributed by atoms with Gasteiger partial charge in [0.15, 0.2) is 0 Å². The lowest BCUT2D eigenvalue weighted by atomic mass is 9.94. The van der Waals surface area contributed by atoms with E-state index in [1.165, 1.54) is 0 Å². The van der Waals surface area contributed by atoms with Crippen LogP contribution in [0.3, 0.4) is 0 Å². The Balaban J connectivity index is 2.60. The fourth-order valence-corrected chi connectivity index (χ4v) is 2.43. The molecule has 0 saturated heterocycles. The van der Waals surface area contributed by atoms with E-state index in [1.807, 2.05) is 24.3 Å². The van der Waals surface area contributed by atoms with Gasteiger partial charge in [0.1, 0.15) is 5.75 Å². The molecule has 0 aromatic heterocycles. The molecule has 2 rings (SSSR count). The van der Waals surface area contributed by atoms with E-state index >= 15 is 0 Å². The van der Waals surface area contributed by atoms with E-state index in [4.69, 9.17) is 9.84 Å². The van der Waals surface area contributed by atoms with Crippen LogP contribution in [-0.2, 0) is 4.79 Å². The van der Waals surface area contributed by atoms with Gasteiger partial charge in [-0.3, -0.25) is 0 Å². The lowest BCUT2D eigenvalue weighted by Crippen LogP contribution is -1.93. The third kappa shape index (κ3) is 3.31. The topological polar surface area (TPSA) is 46.5 Å². The molecule has 3 nitrogen and oxygen atoms in total. The van der Waals surface area contributed by atoms with Gasteiger partial charge in [0.2, 0.25) is 0 Å². The Hall–Kier alpha value is -2.55. The van der Waals surface area contributed by atoms with E-state index in [1.54, 1.807) is 13.2 Å². The Kier molecular flexibility index (Phi) is 4.43. The fourth-order valence-electron chi connectivity index (χ4n) is 2.43. The second-order valence-corrected chi connectivity index (χ2v) is 4.90. The van der Waals surface area contributed by atoms with Crippen LogP contribution in [0.2, 0.25) is 0 Å². The average molecular weight is 282 g/mol. The highest BCUT2D eigenvalue weighted by atomic mass is 16.5. The molecular weight excluding hydrogens is 264 g/mol. The highest BCUT2D eigenvalue weighted by Gasteiger charge is 2.11. The summed E-state index contributed by atoms with van der Waals surface area (Å²) in [6.07, 6.45) is 2.72. The third-order valence-electron chi connectivity index (χ3n) is 3.39. The van der Waals surface area contributed by atoms with Gasteiger partial charge in [-0.25, -0.2) is 4.79 Å². The molecule has 21 heavy (non-hydrogen) atoms. The number of carbonyl (C=O) groups is 1. The summed E-state index contributed by atoms with van der Waals surface area (Å²) in [5.74, 6) is -0.181. The Morgan fingerprint density at radius 3 is 2.38 bits per heavy atom. The molecule has 3 heteroatoms. The lowest BCUT2D eigenvalue weighted by Gasteiger charge is -2.14. The molecule has 0 aliphatic rings. The van der Waals surface area contributed by atoms with Crippen LogP contribution in [0.15, 0.2) is 42.5 Å². The number of carboxylic acid groups (broad SMARTS) is 1. The van der Waals surface area contributed by atoms with E-state index in [0.29, 0.717) is 0 Å². The van der Waals surface area contributed by atoms with Gasteiger partial charge < -0.3 is 9.84 Å². The molecule has 0 unspecified atom stereocenters. The van der Waals surface area contributed by atoms with Crippen molar-refractivity contribution in [2.45, 2.75) is 13.8 Å². The summed E-state index contributed by atoms with van der Waals surface area (Å²) in [4.78, 5) is 10.6. The maximum Gasteiger partial charge on any atom is 0.328 e. The minimum atomic E-state index is -0.959. The average Bonchev–Trinajstić information content (AvgIpc) is 2.45. The molecular formula is C18H18O3. The molecule has 0 fully saturated rings. The normalized spacial score (nSPS) is 10.8. The summed E-state index contributed by atoms with van der Waals surface area (Å²) in [6.45, 7) is 4.11. The first-order valence-corrected chi connectivity index (χ1v) is 6.68. The molecule has 0 radical (unpaired) electrons. The summed E-state index contributed by atoms with van der Waals surface area (Å²) >= 11 is 0. The van der Waals surface area contributed by atoms with Crippen molar-refractivity contribution >= 4 is 12.0 Å². The Bertz CT molecular complexity index is 679. The zero-order valence-corrected chi connectivity index (χ0v) is 12.4. The molecule has 2 aromatic rings. The van der Waals surface area contributed by atoms with Gasteiger partial charge >= 0.3 is 5.97 Å². The van der Waals surface area contributed by atoms with Crippen LogP contribution in [0.25, 0.3) is 17.2 Å². The zero-order valence-electron chi connectivity index (χ0n) is 12.4. The summed E-state index contributed by atoms with van der Waals surface area (Å²) in [6, 6.07) is 11.8. The standard InChI is InChI=1S/C18H18O3/c1-12-5-4-6-13(2)18(12)15-11-14(8-10-17(19)20)7-9-16(15)21-3/h4-11H,1-3H3,(H,19,20)/b10-8+. The third-order valence-corrected chi connectivity index (χ3v) is 3.39. The second kappa shape index (κ2) is 6.27. The van der Waals surface area contributed by atoms with Gasteiger partial charge in [0.05, 0.1) is 7.11 Å². The second-order valence-electron chi connectivity index (χ2n) is 4.90. The molecule has 108 valence electrons. The number of ether oxygens (including phenoxy) is 1. The molecule has 0 aliphatic heterocycles. The quantitative estimate of drug-likeness (QED) is 0.860. The predicted molar refractivity (Wildman–Crippen MR) is 84.6 cm³/mol. The van der Waals surface area contributed by atoms with Crippen LogP contribution in [-0.4, -0.2) is 18.2 Å². The highest BCUT2D eigenvalue weighted by Crippen LogP contribution is 2.35. The first-order valence-electron chi connectivity index (χ1n) is 6.68. The van der Waals surface area contributed by atoms with Gasteiger partial charge in [0.25, 0.3) is 0 Å². The van der Waals surface area contributed by atoms with E-state index in [9.17, 15) is 4.79 Å². The van der Waals surface area contributed by atoms with E-state index in [2.05, 4.69) is 26.0 Å². The zero-order chi connectivity index (χ0) is 15.4. The molecule has 0 spiro atoms. The van der Waals surface area contributed by atoms with Gasteiger partial charge in [-0.05, 0) is 54.3 Å². The van der Waals surface area contributed by atoms with Crippen LogP contribution in [0.1, 0.15) is 16.7 Å². The Morgan fingerprint density at radius 2 is 1.81 bits per heavy atom. The van der Waals surface area contributed by atoms with Gasteiger partial charge in [0, 0.05) is 11.6 Å². The molecule has 0 bridgehead atoms. The molecule has 0 atom stereocenters. The van der Waals surface area contributed by atoms with Crippen LogP contribution in [0.5, 0.6) is 5.75 Å². The number of hydrogen-bond donors (Lipinski definition) is 1. The van der Waals surface area contributed by atoms with Crippen LogP contribution in [0.4, 0.5) is 0 Å². The maximum absolute atomic E-state index is 10.6. The maximum atomic E-state index is 10.6. The Labute approximate surface area is 124 Å². The number of aliphatic carboxylic acids is 1. The van der Waals surface area contributed by atoms with Gasteiger partial charge in [-0.15, -0.1) is 0 Å².